The van der Waals surface area contributed by atoms with E-state index in [1.54, 1.807) is 17.8 Å². The Kier molecular flexibility index (Phi) is 4.30. The van der Waals surface area contributed by atoms with Crippen molar-refractivity contribution in [2.24, 2.45) is 0 Å². The van der Waals surface area contributed by atoms with Crippen LogP contribution in [0.1, 0.15) is 18.9 Å². The van der Waals surface area contributed by atoms with Gasteiger partial charge in [-0.25, -0.2) is 0 Å². The Balaban J connectivity index is 2.28. The molecule has 0 saturated heterocycles. The van der Waals surface area contributed by atoms with Gasteiger partial charge in [0.25, 0.3) is 0 Å². The first-order chi connectivity index (χ1) is 7.11. The van der Waals surface area contributed by atoms with Crippen LogP contribution in [0.5, 0.6) is 0 Å². The van der Waals surface area contributed by atoms with Gasteiger partial charge in [0.2, 0.25) is 5.91 Å². The number of carbonyl (C=O) groups excluding carboxylic acids is 1. The number of carbonyl (C=O) groups is 1. The second-order valence-electron chi connectivity index (χ2n) is 3.68. The summed E-state index contributed by atoms with van der Waals surface area (Å²) in [6.45, 7) is 4.25. The topological polar surface area (TPSA) is 67.2 Å². The van der Waals surface area contributed by atoms with Crippen molar-refractivity contribution in [3.8, 4) is 0 Å². The van der Waals surface area contributed by atoms with E-state index in [1.807, 2.05) is 13.1 Å². The molecule has 1 atom stereocenters. The molecule has 5 heteroatoms. The molecule has 0 aliphatic heterocycles. The fourth-order valence-electron chi connectivity index (χ4n) is 1.20. The van der Waals surface area contributed by atoms with Gasteiger partial charge in [-0.15, -0.1) is 0 Å². The number of rotatable bonds is 5. The zero-order chi connectivity index (χ0) is 11.3. The summed E-state index contributed by atoms with van der Waals surface area (Å²) < 4.78 is 1.73. The van der Waals surface area contributed by atoms with E-state index in [0.29, 0.717) is 13.0 Å². The molecule has 0 spiro atoms. The third kappa shape index (κ3) is 4.12. The standard InChI is InChI=1S/C10H17N3O2/c1-8-5-11-13(6-8)4-3-10(15)12-9(2)7-14/h5-6,9,14H,3-4,7H2,1-2H3,(H,12,15). The summed E-state index contributed by atoms with van der Waals surface area (Å²) in [7, 11) is 0. The Morgan fingerprint density at radius 3 is 3.00 bits per heavy atom. The van der Waals surface area contributed by atoms with E-state index in [9.17, 15) is 4.79 Å². The highest BCUT2D eigenvalue weighted by molar-refractivity contribution is 5.76. The fourth-order valence-corrected chi connectivity index (χ4v) is 1.20. The van der Waals surface area contributed by atoms with Crippen molar-refractivity contribution < 1.29 is 9.90 Å². The SMILES string of the molecule is Cc1cnn(CCC(=O)NC(C)CO)c1. The van der Waals surface area contributed by atoms with Gasteiger partial charge in [-0.2, -0.15) is 5.10 Å². The Hall–Kier alpha value is -1.36. The quantitative estimate of drug-likeness (QED) is 0.724. The molecule has 0 bridgehead atoms. The van der Waals surface area contributed by atoms with Crippen molar-refractivity contribution in [2.75, 3.05) is 6.61 Å². The monoisotopic (exact) mass is 211 g/mol. The van der Waals surface area contributed by atoms with E-state index in [4.69, 9.17) is 5.11 Å². The summed E-state index contributed by atoms with van der Waals surface area (Å²) >= 11 is 0. The van der Waals surface area contributed by atoms with Gasteiger partial charge in [-0.1, -0.05) is 0 Å². The van der Waals surface area contributed by atoms with Gasteiger partial charge in [0.05, 0.1) is 12.8 Å². The number of nitrogens with zero attached hydrogens (tertiary/aromatic N) is 2. The van der Waals surface area contributed by atoms with Crippen molar-refractivity contribution in [3.05, 3.63) is 18.0 Å². The third-order valence-corrected chi connectivity index (χ3v) is 2.01. The van der Waals surface area contributed by atoms with E-state index >= 15 is 0 Å². The van der Waals surface area contributed by atoms with Gasteiger partial charge < -0.3 is 10.4 Å². The number of aliphatic hydroxyl groups excluding tert-OH is 1. The van der Waals surface area contributed by atoms with Gasteiger partial charge in [0.15, 0.2) is 0 Å². The molecular weight excluding hydrogens is 194 g/mol. The minimum Gasteiger partial charge on any atom is -0.394 e. The molecule has 2 N–H and O–H groups in total. The lowest BCUT2D eigenvalue weighted by Crippen LogP contribution is -2.35. The molecular formula is C10H17N3O2. The van der Waals surface area contributed by atoms with Crippen LogP contribution in [0.2, 0.25) is 0 Å². The first-order valence-electron chi connectivity index (χ1n) is 5.01. The van der Waals surface area contributed by atoms with Crippen LogP contribution >= 0.6 is 0 Å². The van der Waals surface area contributed by atoms with E-state index in [0.717, 1.165) is 5.56 Å². The van der Waals surface area contributed by atoms with Gasteiger partial charge in [-0.05, 0) is 19.4 Å². The third-order valence-electron chi connectivity index (χ3n) is 2.01. The second-order valence-corrected chi connectivity index (χ2v) is 3.68. The highest BCUT2D eigenvalue weighted by Crippen LogP contribution is 1.96. The molecule has 0 aliphatic rings. The van der Waals surface area contributed by atoms with E-state index in [-0.39, 0.29) is 18.6 Å². The maximum atomic E-state index is 11.3. The largest absolute Gasteiger partial charge is 0.394 e. The average Bonchev–Trinajstić information content (AvgIpc) is 2.61. The summed E-state index contributed by atoms with van der Waals surface area (Å²) in [5, 5.41) is 15.5. The van der Waals surface area contributed by atoms with Crippen LogP contribution < -0.4 is 5.32 Å². The highest BCUT2D eigenvalue weighted by atomic mass is 16.3. The van der Waals surface area contributed by atoms with E-state index < -0.39 is 0 Å². The number of nitrogens with one attached hydrogen (secondary N) is 1. The molecule has 15 heavy (non-hydrogen) atoms. The van der Waals surface area contributed by atoms with Gasteiger partial charge in [0.1, 0.15) is 0 Å². The van der Waals surface area contributed by atoms with Crippen molar-refractivity contribution in [1.82, 2.24) is 15.1 Å². The summed E-state index contributed by atoms with van der Waals surface area (Å²) in [5.74, 6) is -0.0651. The number of aromatic nitrogens is 2. The first-order valence-corrected chi connectivity index (χ1v) is 5.01. The number of hydrogen-bond donors (Lipinski definition) is 2. The molecule has 0 aliphatic carbocycles. The maximum absolute atomic E-state index is 11.3. The van der Waals surface area contributed by atoms with Gasteiger partial charge >= 0.3 is 0 Å². The van der Waals surface area contributed by atoms with Crippen LogP contribution in [0, 0.1) is 6.92 Å². The van der Waals surface area contributed by atoms with Crippen LogP contribution in [0.3, 0.4) is 0 Å². The minimum absolute atomic E-state index is 0.0351. The Morgan fingerprint density at radius 1 is 1.73 bits per heavy atom. The van der Waals surface area contributed by atoms with Crippen molar-refractivity contribution in [3.63, 3.8) is 0 Å². The molecule has 5 nitrogen and oxygen atoms in total. The van der Waals surface area contributed by atoms with Crippen LogP contribution in [0.4, 0.5) is 0 Å². The molecule has 0 aromatic carbocycles. The molecule has 1 heterocycles. The second kappa shape index (κ2) is 5.50. The predicted molar refractivity (Wildman–Crippen MR) is 56.3 cm³/mol. The number of aryl methyl sites for hydroxylation is 2. The van der Waals surface area contributed by atoms with Crippen LogP contribution in [-0.4, -0.2) is 33.4 Å². The maximum Gasteiger partial charge on any atom is 0.222 e. The molecule has 0 radical (unpaired) electrons. The highest BCUT2D eigenvalue weighted by Gasteiger charge is 2.06. The number of aliphatic hydroxyl groups is 1. The summed E-state index contributed by atoms with van der Waals surface area (Å²) in [6, 6.07) is -0.183. The molecule has 84 valence electrons. The summed E-state index contributed by atoms with van der Waals surface area (Å²) in [4.78, 5) is 11.3. The fraction of sp³-hybridized carbons (Fsp3) is 0.600. The normalized spacial score (nSPS) is 12.5. The van der Waals surface area contributed by atoms with Gasteiger partial charge in [-0.3, -0.25) is 9.48 Å². The molecule has 1 amide bonds. The summed E-state index contributed by atoms with van der Waals surface area (Å²) in [5.41, 5.74) is 1.08. The van der Waals surface area contributed by atoms with Gasteiger partial charge in [0, 0.05) is 25.2 Å². The molecule has 1 aromatic heterocycles. The van der Waals surface area contributed by atoms with Crippen molar-refractivity contribution >= 4 is 5.91 Å². The lowest BCUT2D eigenvalue weighted by atomic mass is 10.3. The van der Waals surface area contributed by atoms with E-state index in [2.05, 4.69) is 10.4 Å². The number of amides is 1. The molecule has 1 rings (SSSR count). The van der Waals surface area contributed by atoms with Crippen molar-refractivity contribution in [2.45, 2.75) is 32.9 Å². The Bertz CT molecular complexity index is 322. The minimum atomic E-state index is -0.183. The zero-order valence-electron chi connectivity index (χ0n) is 9.10. The zero-order valence-corrected chi connectivity index (χ0v) is 9.10. The predicted octanol–water partition coefficient (Wildman–Crippen LogP) is 0.0786. The summed E-state index contributed by atoms with van der Waals surface area (Å²) in [6.07, 6.45) is 4.03. The average molecular weight is 211 g/mol. The molecule has 0 saturated carbocycles. The first kappa shape index (κ1) is 11.7. The lowest BCUT2D eigenvalue weighted by Gasteiger charge is -2.10. The lowest BCUT2D eigenvalue weighted by molar-refractivity contribution is -0.122. The Morgan fingerprint density at radius 2 is 2.47 bits per heavy atom. The van der Waals surface area contributed by atoms with Crippen molar-refractivity contribution in [1.29, 1.82) is 0 Å². The van der Waals surface area contributed by atoms with Crippen LogP contribution in [-0.2, 0) is 11.3 Å². The Labute approximate surface area is 89.1 Å². The molecule has 0 fully saturated rings. The molecule has 1 unspecified atom stereocenters. The number of hydrogen-bond acceptors (Lipinski definition) is 3. The van der Waals surface area contributed by atoms with Crippen LogP contribution in [0.15, 0.2) is 12.4 Å². The van der Waals surface area contributed by atoms with E-state index in [1.165, 1.54) is 0 Å². The van der Waals surface area contributed by atoms with Crippen LogP contribution in [0.25, 0.3) is 0 Å². The smallest absolute Gasteiger partial charge is 0.222 e. The molecule has 1 aromatic rings.